The number of halogens is 3. The minimum absolute atomic E-state index is 0.168. The fourth-order valence-corrected chi connectivity index (χ4v) is 4.50. The Morgan fingerprint density at radius 3 is 2.85 bits per heavy atom. The Morgan fingerprint density at radius 2 is 2.12 bits per heavy atom. The van der Waals surface area contributed by atoms with Crippen molar-refractivity contribution in [2.24, 2.45) is 0 Å². The van der Waals surface area contributed by atoms with Crippen molar-refractivity contribution in [1.29, 1.82) is 0 Å². The summed E-state index contributed by atoms with van der Waals surface area (Å²) in [7, 11) is 0. The summed E-state index contributed by atoms with van der Waals surface area (Å²) in [6.45, 7) is 2.93. The van der Waals surface area contributed by atoms with E-state index in [1.54, 1.807) is 23.1 Å². The van der Waals surface area contributed by atoms with E-state index in [4.69, 9.17) is 0 Å². The molecule has 1 aliphatic heterocycles. The maximum atomic E-state index is 13.1. The lowest BCUT2D eigenvalue weighted by atomic mass is 9.92. The number of anilines is 2. The number of benzene rings is 1. The minimum atomic E-state index is -4.39. The van der Waals surface area contributed by atoms with Crippen LogP contribution >= 0.6 is 0 Å². The second kappa shape index (κ2) is 8.79. The van der Waals surface area contributed by atoms with Gasteiger partial charge < -0.3 is 20.5 Å². The van der Waals surface area contributed by atoms with Gasteiger partial charge in [-0.15, -0.1) is 0 Å². The molecule has 0 amide bonds. The molecule has 3 heterocycles. The van der Waals surface area contributed by atoms with E-state index in [0.717, 1.165) is 17.7 Å². The topological polar surface area (TPSA) is 90.9 Å². The normalized spacial score (nSPS) is 18.9. The molecule has 1 saturated carbocycles. The van der Waals surface area contributed by atoms with Crippen molar-refractivity contribution in [2.75, 3.05) is 16.8 Å². The second-order valence-electron chi connectivity index (χ2n) is 8.99. The Kier molecular flexibility index (Phi) is 5.80. The third kappa shape index (κ3) is 4.52. The standard InChI is InChI=1S/C23H26F3N7O/c1-14(30-18-6-3-7-18)10-33-20(31-19-21(33)27-13-28-22(19)34)16-9-29-32(12-16)11-15-4-2-5-17(8-15)23(24,25)26/h2,4-5,8-9,12-14,18,20,30-31H,3,6-7,10-11H2,1H3,(H,27,28,34). The number of aromatic amines is 1. The van der Waals surface area contributed by atoms with E-state index < -0.39 is 11.7 Å². The molecule has 1 fully saturated rings. The first-order chi connectivity index (χ1) is 16.3. The molecule has 1 aliphatic carbocycles. The molecule has 0 bridgehead atoms. The highest BCUT2D eigenvalue weighted by Gasteiger charge is 2.35. The summed E-state index contributed by atoms with van der Waals surface area (Å²) in [5.41, 5.74) is 0.748. The Morgan fingerprint density at radius 1 is 1.29 bits per heavy atom. The summed E-state index contributed by atoms with van der Waals surface area (Å²) < 4.78 is 40.8. The van der Waals surface area contributed by atoms with Gasteiger partial charge in [0.1, 0.15) is 11.9 Å². The molecule has 180 valence electrons. The molecule has 0 radical (unpaired) electrons. The van der Waals surface area contributed by atoms with E-state index in [2.05, 4.69) is 32.6 Å². The van der Waals surface area contributed by atoms with Crippen LogP contribution in [0.1, 0.15) is 49.0 Å². The highest BCUT2D eigenvalue weighted by Crippen LogP contribution is 2.37. The van der Waals surface area contributed by atoms with E-state index >= 15 is 0 Å². The van der Waals surface area contributed by atoms with Crippen LogP contribution in [0.3, 0.4) is 0 Å². The predicted molar refractivity (Wildman–Crippen MR) is 122 cm³/mol. The molecule has 1 aromatic carbocycles. The summed E-state index contributed by atoms with van der Waals surface area (Å²) in [5, 5.41) is 11.2. The zero-order valence-electron chi connectivity index (χ0n) is 18.6. The summed E-state index contributed by atoms with van der Waals surface area (Å²) >= 11 is 0. The molecular formula is C23H26F3N7O. The monoisotopic (exact) mass is 473 g/mol. The largest absolute Gasteiger partial charge is 0.416 e. The number of alkyl halides is 3. The average molecular weight is 474 g/mol. The van der Waals surface area contributed by atoms with E-state index in [1.165, 1.54) is 31.7 Å². The molecule has 2 aromatic heterocycles. The van der Waals surface area contributed by atoms with Gasteiger partial charge in [0.15, 0.2) is 5.82 Å². The van der Waals surface area contributed by atoms with Gasteiger partial charge in [0.25, 0.3) is 5.56 Å². The number of nitrogens with one attached hydrogen (secondary N) is 3. The maximum absolute atomic E-state index is 13.1. The number of hydrogen-bond donors (Lipinski definition) is 3. The Labute approximate surface area is 194 Å². The van der Waals surface area contributed by atoms with Crippen LogP contribution in [0.4, 0.5) is 24.7 Å². The molecule has 34 heavy (non-hydrogen) atoms. The lowest BCUT2D eigenvalue weighted by molar-refractivity contribution is -0.137. The van der Waals surface area contributed by atoms with Crippen molar-refractivity contribution < 1.29 is 13.2 Å². The average Bonchev–Trinajstić information content (AvgIpc) is 3.36. The van der Waals surface area contributed by atoms with Crippen molar-refractivity contribution in [1.82, 2.24) is 25.1 Å². The third-order valence-corrected chi connectivity index (χ3v) is 6.36. The molecule has 8 nitrogen and oxygen atoms in total. The van der Waals surface area contributed by atoms with Gasteiger partial charge in [-0.25, -0.2) is 4.98 Å². The molecule has 3 N–H and O–H groups in total. The number of rotatable bonds is 7. The predicted octanol–water partition coefficient (Wildman–Crippen LogP) is 3.49. The quantitative estimate of drug-likeness (QED) is 0.487. The van der Waals surface area contributed by atoms with E-state index in [-0.39, 0.29) is 24.3 Å². The zero-order chi connectivity index (χ0) is 23.9. The van der Waals surface area contributed by atoms with Crippen LogP contribution < -0.4 is 21.1 Å². The molecule has 2 atom stereocenters. The van der Waals surface area contributed by atoms with E-state index in [1.807, 2.05) is 4.90 Å². The summed E-state index contributed by atoms with van der Waals surface area (Å²) in [4.78, 5) is 21.4. The van der Waals surface area contributed by atoms with Crippen LogP contribution in [0.25, 0.3) is 0 Å². The Balaban J connectivity index is 1.37. The van der Waals surface area contributed by atoms with Gasteiger partial charge >= 0.3 is 6.18 Å². The number of hydrogen-bond acceptors (Lipinski definition) is 6. The van der Waals surface area contributed by atoms with Gasteiger partial charge in [-0.1, -0.05) is 18.6 Å². The first-order valence-corrected chi connectivity index (χ1v) is 11.3. The van der Waals surface area contributed by atoms with Crippen molar-refractivity contribution in [3.63, 3.8) is 0 Å². The maximum Gasteiger partial charge on any atom is 0.416 e. The van der Waals surface area contributed by atoms with Crippen LogP contribution in [0.5, 0.6) is 0 Å². The number of nitrogens with zero attached hydrogens (tertiary/aromatic N) is 4. The molecule has 2 aliphatic rings. The minimum Gasteiger partial charge on any atom is -0.354 e. The molecule has 0 spiro atoms. The smallest absolute Gasteiger partial charge is 0.354 e. The van der Waals surface area contributed by atoms with E-state index in [0.29, 0.717) is 29.7 Å². The van der Waals surface area contributed by atoms with Gasteiger partial charge in [-0.2, -0.15) is 18.3 Å². The van der Waals surface area contributed by atoms with E-state index in [9.17, 15) is 18.0 Å². The van der Waals surface area contributed by atoms with Crippen molar-refractivity contribution in [3.8, 4) is 0 Å². The van der Waals surface area contributed by atoms with Gasteiger partial charge in [-0.05, 0) is 37.5 Å². The van der Waals surface area contributed by atoms with Gasteiger partial charge in [0, 0.05) is 30.4 Å². The van der Waals surface area contributed by atoms with Crippen LogP contribution in [-0.4, -0.2) is 38.4 Å². The fraction of sp³-hybridized carbons (Fsp3) is 0.435. The Bertz CT molecular complexity index is 1220. The second-order valence-corrected chi connectivity index (χ2v) is 8.99. The number of aromatic nitrogens is 4. The molecular weight excluding hydrogens is 447 g/mol. The lowest BCUT2D eigenvalue weighted by Crippen LogP contribution is -2.47. The van der Waals surface area contributed by atoms with Crippen LogP contribution in [0.2, 0.25) is 0 Å². The van der Waals surface area contributed by atoms with Gasteiger partial charge in [-0.3, -0.25) is 9.48 Å². The zero-order valence-corrected chi connectivity index (χ0v) is 18.6. The van der Waals surface area contributed by atoms with Crippen LogP contribution in [0, 0.1) is 0 Å². The van der Waals surface area contributed by atoms with Crippen molar-refractivity contribution >= 4 is 11.5 Å². The number of H-pyrrole nitrogens is 1. The summed E-state index contributed by atoms with van der Waals surface area (Å²) in [5.74, 6) is 0.571. The Hall–Kier alpha value is -3.34. The third-order valence-electron chi connectivity index (χ3n) is 6.36. The molecule has 5 rings (SSSR count). The van der Waals surface area contributed by atoms with Crippen LogP contribution in [0.15, 0.2) is 47.8 Å². The summed E-state index contributed by atoms with van der Waals surface area (Å²) in [6.07, 6.45) is 3.66. The highest BCUT2D eigenvalue weighted by molar-refractivity contribution is 5.71. The SMILES string of the molecule is CC(CN1c2nc[nH]c(=O)c2NC1c1cnn(Cc2cccc(C(F)(F)F)c2)c1)NC1CCC1. The molecule has 11 heteroatoms. The van der Waals surface area contributed by atoms with Gasteiger partial charge in [0.05, 0.1) is 24.6 Å². The molecule has 0 saturated heterocycles. The first-order valence-electron chi connectivity index (χ1n) is 11.3. The van der Waals surface area contributed by atoms with Crippen LogP contribution in [-0.2, 0) is 12.7 Å². The molecule has 3 aromatic rings. The molecule has 2 unspecified atom stereocenters. The number of fused-ring (bicyclic) bond motifs is 1. The highest BCUT2D eigenvalue weighted by atomic mass is 19.4. The van der Waals surface area contributed by atoms with Crippen molar-refractivity contribution in [2.45, 2.75) is 57.2 Å². The summed E-state index contributed by atoms with van der Waals surface area (Å²) in [6, 6.07) is 5.92. The lowest BCUT2D eigenvalue weighted by Gasteiger charge is -2.33. The fourth-order valence-electron chi connectivity index (χ4n) is 4.50. The van der Waals surface area contributed by atoms with Crippen molar-refractivity contribution in [3.05, 3.63) is 70.0 Å². The first kappa shape index (κ1) is 22.5. The van der Waals surface area contributed by atoms with Gasteiger partial charge in [0.2, 0.25) is 0 Å².